The summed E-state index contributed by atoms with van der Waals surface area (Å²) in [6.07, 6.45) is 10.0. The molecule has 0 aromatic rings. The average molecular weight is 389 g/mol. The third kappa shape index (κ3) is 4.97. The Morgan fingerprint density at radius 1 is 1.36 bits per heavy atom. The van der Waals surface area contributed by atoms with Crippen molar-refractivity contribution in [1.29, 1.82) is 0 Å². The van der Waals surface area contributed by atoms with Crippen LogP contribution in [0.3, 0.4) is 0 Å². The van der Waals surface area contributed by atoms with Gasteiger partial charge in [0.05, 0.1) is 5.60 Å². The van der Waals surface area contributed by atoms with Crippen molar-refractivity contribution in [2.24, 2.45) is 22.7 Å². The summed E-state index contributed by atoms with van der Waals surface area (Å²) in [6, 6.07) is 0. The molecule has 0 aliphatic heterocycles. The van der Waals surface area contributed by atoms with Crippen LogP contribution in [0.1, 0.15) is 80.6 Å². The Kier molecular flexibility index (Phi) is 6.70. The maximum absolute atomic E-state index is 12.3. The van der Waals surface area contributed by atoms with Crippen molar-refractivity contribution in [2.45, 2.75) is 92.3 Å². The smallest absolute Gasteiger partial charge is 0.330 e. The first-order valence-corrected chi connectivity index (χ1v) is 10.7. The van der Waals surface area contributed by atoms with Gasteiger partial charge in [-0.2, -0.15) is 0 Å². The van der Waals surface area contributed by atoms with E-state index in [9.17, 15) is 9.90 Å². The van der Waals surface area contributed by atoms with E-state index in [-0.39, 0.29) is 22.9 Å². The highest BCUT2D eigenvalue weighted by atomic mass is 16.5. The molecule has 2 aliphatic rings. The zero-order valence-corrected chi connectivity index (χ0v) is 19.0. The predicted molar refractivity (Wildman–Crippen MR) is 116 cm³/mol. The van der Waals surface area contributed by atoms with Gasteiger partial charge in [0, 0.05) is 6.08 Å². The van der Waals surface area contributed by atoms with Gasteiger partial charge in [0.2, 0.25) is 0 Å². The molecule has 0 bridgehead atoms. The number of aliphatic hydroxyl groups is 1. The van der Waals surface area contributed by atoms with E-state index in [4.69, 9.17) is 4.74 Å². The SMILES string of the molecule is C=C[C@@](C)(O)CC[C@@H]1C(C)=CC[C@@H]2C(C)(C)C[C@@H](OC(=O)C=C(C)C)C[C@@]12C. The minimum Gasteiger partial charge on any atom is -0.459 e. The van der Waals surface area contributed by atoms with E-state index in [1.165, 1.54) is 5.57 Å². The van der Waals surface area contributed by atoms with Crippen molar-refractivity contribution in [3.8, 4) is 0 Å². The van der Waals surface area contributed by atoms with E-state index in [0.717, 1.165) is 31.3 Å². The number of allylic oxidation sites excluding steroid dienone is 3. The lowest BCUT2D eigenvalue weighted by molar-refractivity contribution is -0.158. The summed E-state index contributed by atoms with van der Waals surface area (Å²) in [6.45, 7) is 18.7. The predicted octanol–water partition coefficient (Wildman–Crippen LogP) is 5.99. The number of carbonyl (C=O) groups is 1. The number of ether oxygens (including phenoxy) is 1. The second-order valence-electron chi connectivity index (χ2n) is 10.6. The molecule has 2 rings (SSSR count). The van der Waals surface area contributed by atoms with Crippen LogP contribution in [0.25, 0.3) is 0 Å². The van der Waals surface area contributed by atoms with Crippen LogP contribution in [-0.2, 0) is 9.53 Å². The molecular weight excluding hydrogens is 348 g/mol. The fraction of sp³-hybridized carbons (Fsp3) is 0.720. The first-order chi connectivity index (χ1) is 12.8. The van der Waals surface area contributed by atoms with E-state index in [1.807, 2.05) is 20.8 Å². The third-order valence-electron chi connectivity index (χ3n) is 7.25. The molecule has 0 saturated heterocycles. The number of hydrogen-bond acceptors (Lipinski definition) is 3. The van der Waals surface area contributed by atoms with E-state index >= 15 is 0 Å². The van der Waals surface area contributed by atoms with Gasteiger partial charge in [-0.05, 0) is 82.5 Å². The Morgan fingerprint density at radius 2 is 2.00 bits per heavy atom. The monoisotopic (exact) mass is 388 g/mol. The summed E-state index contributed by atoms with van der Waals surface area (Å²) in [4.78, 5) is 12.3. The number of hydrogen-bond donors (Lipinski definition) is 1. The molecule has 0 aromatic heterocycles. The molecule has 158 valence electrons. The normalized spacial score (nSPS) is 33.7. The van der Waals surface area contributed by atoms with Crippen LogP contribution in [0.15, 0.2) is 36.0 Å². The molecule has 0 unspecified atom stereocenters. The highest BCUT2D eigenvalue weighted by molar-refractivity contribution is 5.82. The molecule has 5 atom stereocenters. The number of rotatable bonds is 6. The van der Waals surface area contributed by atoms with Gasteiger partial charge in [0.25, 0.3) is 0 Å². The Morgan fingerprint density at radius 3 is 2.57 bits per heavy atom. The molecule has 1 saturated carbocycles. The van der Waals surface area contributed by atoms with E-state index in [0.29, 0.717) is 18.3 Å². The first kappa shape index (κ1) is 22.9. The summed E-state index contributed by atoms with van der Waals surface area (Å²) in [7, 11) is 0. The molecule has 0 spiro atoms. The Balaban J connectivity index is 2.30. The second kappa shape index (κ2) is 8.18. The molecule has 1 N–H and O–H groups in total. The van der Waals surface area contributed by atoms with Gasteiger partial charge in [0.1, 0.15) is 6.10 Å². The van der Waals surface area contributed by atoms with Crippen molar-refractivity contribution in [2.75, 3.05) is 0 Å². The fourth-order valence-electron chi connectivity index (χ4n) is 5.88. The molecular formula is C25H40O3. The molecule has 28 heavy (non-hydrogen) atoms. The van der Waals surface area contributed by atoms with Gasteiger partial charge in [-0.3, -0.25) is 0 Å². The minimum absolute atomic E-state index is 0.0494. The summed E-state index contributed by atoms with van der Waals surface area (Å²) in [5, 5.41) is 10.5. The van der Waals surface area contributed by atoms with E-state index in [2.05, 4.69) is 40.3 Å². The maximum Gasteiger partial charge on any atom is 0.330 e. The van der Waals surface area contributed by atoms with Crippen LogP contribution >= 0.6 is 0 Å². The summed E-state index contributed by atoms with van der Waals surface area (Å²) in [5.74, 6) is 0.694. The van der Waals surface area contributed by atoms with Crippen LogP contribution in [0, 0.1) is 22.7 Å². The maximum atomic E-state index is 12.3. The quantitative estimate of drug-likeness (QED) is 0.345. The lowest BCUT2D eigenvalue weighted by Crippen LogP contribution is -2.53. The van der Waals surface area contributed by atoms with Crippen LogP contribution < -0.4 is 0 Å². The van der Waals surface area contributed by atoms with Gasteiger partial charge in [0.15, 0.2) is 0 Å². The zero-order valence-electron chi connectivity index (χ0n) is 19.0. The molecule has 2 aliphatic carbocycles. The third-order valence-corrected chi connectivity index (χ3v) is 7.25. The Bertz CT molecular complexity index is 663. The molecule has 0 heterocycles. The van der Waals surface area contributed by atoms with Gasteiger partial charge in [-0.15, -0.1) is 6.58 Å². The fourth-order valence-corrected chi connectivity index (χ4v) is 5.88. The Hall–Kier alpha value is -1.35. The molecule has 0 radical (unpaired) electrons. The Labute approximate surface area is 171 Å². The molecule has 3 heteroatoms. The second-order valence-corrected chi connectivity index (χ2v) is 10.6. The summed E-state index contributed by atoms with van der Waals surface area (Å²) >= 11 is 0. The minimum atomic E-state index is -0.844. The van der Waals surface area contributed by atoms with Gasteiger partial charge < -0.3 is 9.84 Å². The first-order valence-electron chi connectivity index (χ1n) is 10.7. The highest BCUT2D eigenvalue weighted by Gasteiger charge is 2.55. The van der Waals surface area contributed by atoms with Crippen molar-refractivity contribution in [1.82, 2.24) is 0 Å². The van der Waals surface area contributed by atoms with Crippen LogP contribution in [0.4, 0.5) is 0 Å². The molecule has 0 aromatic carbocycles. The molecule has 3 nitrogen and oxygen atoms in total. The number of fused-ring (bicyclic) bond motifs is 1. The van der Waals surface area contributed by atoms with Crippen molar-refractivity contribution in [3.63, 3.8) is 0 Å². The zero-order chi connectivity index (χ0) is 21.3. The number of esters is 1. The summed E-state index contributed by atoms with van der Waals surface area (Å²) in [5.41, 5.74) is 1.67. The highest BCUT2D eigenvalue weighted by Crippen LogP contribution is 2.61. The molecule has 0 amide bonds. The summed E-state index contributed by atoms with van der Waals surface area (Å²) < 4.78 is 5.90. The van der Waals surface area contributed by atoms with E-state index < -0.39 is 5.60 Å². The lowest BCUT2D eigenvalue weighted by atomic mass is 9.47. The van der Waals surface area contributed by atoms with Gasteiger partial charge >= 0.3 is 5.97 Å². The van der Waals surface area contributed by atoms with Crippen LogP contribution in [0.5, 0.6) is 0 Å². The average Bonchev–Trinajstić information content (AvgIpc) is 2.51. The van der Waals surface area contributed by atoms with Crippen molar-refractivity contribution < 1.29 is 14.6 Å². The lowest BCUT2D eigenvalue weighted by Gasteiger charge is -2.58. The topological polar surface area (TPSA) is 46.5 Å². The molecule has 1 fully saturated rings. The van der Waals surface area contributed by atoms with Gasteiger partial charge in [-0.25, -0.2) is 4.79 Å². The van der Waals surface area contributed by atoms with E-state index in [1.54, 1.807) is 12.2 Å². The van der Waals surface area contributed by atoms with Crippen molar-refractivity contribution in [3.05, 3.63) is 36.0 Å². The van der Waals surface area contributed by atoms with Crippen LogP contribution in [-0.4, -0.2) is 22.8 Å². The number of carbonyl (C=O) groups excluding carboxylic acids is 1. The van der Waals surface area contributed by atoms with Gasteiger partial charge in [-0.1, -0.05) is 44.1 Å². The van der Waals surface area contributed by atoms with Crippen LogP contribution in [0.2, 0.25) is 0 Å². The van der Waals surface area contributed by atoms with Crippen molar-refractivity contribution >= 4 is 5.97 Å². The standard InChI is InChI=1S/C25H40O3/c1-9-24(7,27)13-12-20-18(4)10-11-21-23(5,6)15-19(16-25(20,21)8)28-22(26)14-17(2)3/h9-10,14,19-21,27H,1,11-13,15-16H2,2-8H3/t19-,20-,21-,24-,25+/m1/s1. The largest absolute Gasteiger partial charge is 0.459 e.